The van der Waals surface area contributed by atoms with Crippen LogP contribution in [0.25, 0.3) is 5.69 Å². The van der Waals surface area contributed by atoms with Crippen LogP contribution in [0.5, 0.6) is 5.75 Å². The Hall–Kier alpha value is -1.99. The van der Waals surface area contributed by atoms with Crippen molar-refractivity contribution in [1.82, 2.24) is 25.5 Å². The summed E-state index contributed by atoms with van der Waals surface area (Å²) in [4.78, 5) is 0. The predicted molar refractivity (Wildman–Crippen MR) is 89.9 cm³/mol. The first kappa shape index (κ1) is 15.5. The molecule has 1 aromatic carbocycles. The SMILES string of the molecule is NC1(CCOc2ccc(-n3cnnn3)cc2)CC1C1CCNCC1. The Kier molecular flexibility index (Phi) is 4.20. The van der Waals surface area contributed by atoms with Crippen LogP contribution >= 0.6 is 0 Å². The summed E-state index contributed by atoms with van der Waals surface area (Å²) in [5.74, 6) is 2.34. The van der Waals surface area contributed by atoms with Crippen molar-refractivity contribution >= 4 is 0 Å². The van der Waals surface area contributed by atoms with E-state index in [1.54, 1.807) is 11.0 Å². The van der Waals surface area contributed by atoms with Crippen molar-refractivity contribution in [3.8, 4) is 11.4 Å². The molecule has 7 heteroatoms. The molecule has 3 N–H and O–H groups in total. The van der Waals surface area contributed by atoms with Crippen LogP contribution in [0.3, 0.4) is 0 Å². The zero-order valence-corrected chi connectivity index (χ0v) is 13.8. The number of rotatable bonds is 6. The normalized spacial score (nSPS) is 27.1. The third-order valence-corrected chi connectivity index (χ3v) is 5.42. The number of nitrogens with zero attached hydrogens (tertiary/aromatic N) is 4. The molecule has 2 unspecified atom stereocenters. The minimum atomic E-state index is -0.00561. The van der Waals surface area contributed by atoms with Gasteiger partial charge in [0.15, 0.2) is 0 Å². The summed E-state index contributed by atoms with van der Waals surface area (Å²) in [5, 5.41) is 14.6. The number of ether oxygens (including phenoxy) is 1. The molecule has 0 spiro atoms. The Bertz CT molecular complexity index is 652. The van der Waals surface area contributed by atoms with Crippen LogP contribution < -0.4 is 15.8 Å². The van der Waals surface area contributed by atoms with E-state index in [1.807, 2.05) is 24.3 Å². The monoisotopic (exact) mass is 328 g/mol. The number of nitrogens with two attached hydrogens (primary N) is 1. The molecule has 1 aromatic heterocycles. The molecule has 1 saturated heterocycles. The zero-order chi connectivity index (χ0) is 16.4. The number of tetrazole rings is 1. The molecule has 2 heterocycles. The number of hydrogen-bond acceptors (Lipinski definition) is 6. The summed E-state index contributed by atoms with van der Waals surface area (Å²) in [5.41, 5.74) is 7.46. The number of piperidine rings is 1. The van der Waals surface area contributed by atoms with Gasteiger partial charge in [0, 0.05) is 5.54 Å². The maximum absolute atomic E-state index is 6.55. The van der Waals surface area contributed by atoms with E-state index in [-0.39, 0.29) is 5.54 Å². The van der Waals surface area contributed by atoms with Crippen molar-refractivity contribution in [2.75, 3.05) is 19.7 Å². The van der Waals surface area contributed by atoms with E-state index in [0.717, 1.165) is 43.3 Å². The van der Waals surface area contributed by atoms with Gasteiger partial charge >= 0.3 is 0 Å². The maximum atomic E-state index is 6.55. The average Bonchev–Trinajstić information content (AvgIpc) is 3.04. The fourth-order valence-electron chi connectivity index (χ4n) is 3.85. The predicted octanol–water partition coefficient (Wildman–Crippen LogP) is 1.15. The number of nitrogens with one attached hydrogen (secondary N) is 1. The molecular weight excluding hydrogens is 304 g/mol. The molecule has 0 bridgehead atoms. The van der Waals surface area contributed by atoms with Crippen molar-refractivity contribution in [3.05, 3.63) is 30.6 Å². The van der Waals surface area contributed by atoms with Gasteiger partial charge in [0.25, 0.3) is 0 Å². The van der Waals surface area contributed by atoms with Gasteiger partial charge < -0.3 is 15.8 Å². The van der Waals surface area contributed by atoms with Gasteiger partial charge in [-0.25, -0.2) is 4.68 Å². The van der Waals surface area contributed by atoms with Gasteiger partial charge in [-0.3, -0.25) is 0 Å². The third kappa shape index (κ3) is 3.27. The van der Waals surface area contributed by atoms with Crippen LogP contribution in [0.2, 0.25) is 0 Å². The molecule has 128 valence electrons. The molecule has 2 aliphatic rings. The fourth-order valence-corrected chi connectivity index (χ4v) is 3.85. The number of hydrogen-bond donors (Lipinski definition) is 2. The standard InChI is InChI=1S/C17H24N6O/c18-17(11-16(17)13-5-8-19-9-6-13)7-10-24-15-3-1-14(2-4-15)23-12-20-21-22-23/h1-4,12-13,16,19H,5-11,18H2. The van der Waals surface area contributed by atoms with Gasteiger partial charge in [-0.15, -0.1) is 5.10 Å². The van der Waals surface area contributed by atoms with Crippen molar-refractivity contribution in [2.24, 2.45) is 17.6 Å². The highest BCUT2D eigenvalue weighted by Crippen LogP contribution is 2.51. The van der Waals surface area contributed by atoms with Gasteiger partial charge in [0.2, 0.25) is 0 Å². The number of benzene rings is 1. The second-order valence-electron chi connectivity index (χ2n) is 6.98. The highest BCUT2D eigenvalue weighted by molar-refractivity contribution is 5.36. The summed E-state index contributed by atoms with van der Waals surface area (Å²) in [6.07, 6.45) is 6.18. The van der Waals surface area contributed by atoms with Crippen LogP contribution in [0.4, 0.5) is 0 Å². The first-order chi connectivity index (χ1) is 11.7. The van der Waals surface area contributed by atoms with Gasteiger partial charge in [-0.05, 0) is 85.3 Å². The van der Waals surface area contributed by atoms with Crippen molar-refractivity contribution in [2.45, 2.75) is 31.2 Å². The fraction of sp³-hybridized carbons (Fsp3) is 0.588. The lowest BCUT2D eigenvalue weighted by atomic mass is 9.90. The highest BCUT2D eigenvalue weighted by Gasteiger charge is 2.53. The maximum Gasteiger partial charge on any atom is 0.143 e. The zero-order valence-electron chi connectivity index (χ0n) is 13.8. The summed E-state index contributed by atoms with van der Waals surface area (Å²) in [6, 6.07) is 7.77. The topological polar surface area (TPSA) is 90.9 Å². The molecule has 7 nitrogen and oxygen atoms in total. The third-order valence-electron chi connectivity index (χ3n) is 5.42. The van der Waals surface area contributed by atoms with Gasteiger partial charge in [0.05, 0.1) is 12.3 Å². The second-order valence-corrected chi connectivity index (χ2v) is 6.98. The molecule has 2 fully saturated rings. The molecule has 24 heavy (non-hydrogen) atoms. The largest absolute Gasteiger partial charge is 0.494 e. The lowest BCUT2D eigenvalue weighted by Gasteiger charge is -2.24. The smallest absolute Gasteiger partial charge is 0.143 e. The Balaban J connectivity index is 1.25. The molecule has 1 aliphatic carbocycles. The molecule has 4 rings (SSSR count). The summed E-state index contributed by atoms with van der Waals surface area (Å²) in [7, 11) is 0. The van der Waals surface area contributed by atoms with E-state index < -0.39 is 0 Å². The van der Waals surface area contributed by atoms with E-state index in [9.17, 15) is 0 Å². The minimum absolute atomic E-state index is 0.00561. The second kappa shape index (κ2) is 6.49. The summed E-state index contributed by atoms with van der Waals surface area (Å²) >= 11 is 0. The Morgan fingerprint density at radius 2 is 2.04 bits per heavy atom. The summed E-state index contributed by atoms with van der Waals surface area (Å²) < 4.78 is 7.49. The molecule has 0 amide bonds. The molecular formula is C17H24N6O. The Labute approximate surface area is 141 Å². The van der Waals surface area contributed by atoms with Gasteiger partial charge in [-0.1, -0.05) is 0 Å². The highest BCUT2D eigenvalue weighted by atomic mass is 16.5. The van der Waals surface area contributed by atoms with Crippen LogP contribution in [0.15, 0.2) is 30.6 Å². The van der Waals surface area contributed by atoms with E-state index in [2.05, 4.69) is 20.8 Å². The minimum Gasteiger partial charge on any atom is -0.494 e. The van der Waals surface area contributed by atoms with E-state index in [0.29, 0.717) is 12.5 Å². The van der Waals surface area contributed by atoms with E-state index in [1.165, 1.54) is 12.8 Å². The summed E-state index contributed by atoms with van der Waals surface area (Å²) in [6.45, 7) is 2.95. The molecule has 2 atom stereocenters. The number of aromatic nitrogens is 4. The van der Waals surface area contributed by atoms with Crippen LogP contribution in [-0.2, 0) is 0 Å². The molecule has 2 aromatic rings. The molecule has 1 aliphatic heterocycles. The lowest BCUT2D eigenvalue weighted by molar-refractivity contribution is 0.265. The van der Waals surface area contributed by atoms with Gasteiger partial charge in [0.1, 0.15) is 12.1 Å². The van der Waals surface area contributed by atoms with Crippen molar-refractivity contribution in [1.29, 1.82) is 0 Å². The van der Waals surface area contributed by atoms with Crippen LogP contribution in [0.1, 0.15) is 25.7 Å². The average molecular weight is 328 g/mol. The Morgan fingerprint density at radius 1 is 1.25 bits per heavy atom. The molecule has 0 radical (unpaired) electrons. The first-order valence-corrected chi connectivity index (χ1v) is 8.70. The first-order valence-electron chi connectivity index (χ1n) is 8.70. The van der Waals surface area contributed by atoms with E-state index in [4.69, 9.17) is 10.5 Å². The van der Waals surface area contributed by atoms with Crippen molar-refractivity contribution < 1.29 is 4.74 Å². The van der Waals surface area contributed by atoms with Crippen LogP contribution in [-0.4, -0.2) is 45.4 Å². The molecule has 1 saturated carbocycles. The van der Waals surface area contributed by atoms with Crippen LogP contribution in [0, 0.1) is 11.8 Å². The quantitative estimate of drug-likeness (QED) is 0.826. The van der Waals surface area contributed by atoms with Crippen molar-refractivity contribution in [3.63, 3.8) is 0 Å². The van der Waals surface area contributed by atoms with Gasteiger partial charge in [-0.2, -0.15) is 0 Å². The lowest BCUT2D eigenvalue weighted by Crippen LogP contribution is -2.34. The Morgan fingerprint density at radius 3 is 2.75 bits per heavy atom. The van der Waals surface area contributed by atoms with E-state index >= 15 is 0 Å².